The zero-order valence-corrected chi connectivity index (χ0v) is 18.1. The second-order valence-electron chi connectivity index (χ2n) is 6.99. The zero-order chi connectivity index (χ0) is 21.9. The highest BCUT2D eigenvalue weighted by molar-refractivity contribution is 7.92. The number of hydrogen-bond donors (Lipinski definition) is 2. The van der Waals surface area contributed by atoms with E-state index in [0.29, 0.717) is 22.7 Å². The minimum absolute atomic E-state index is 0.0296. The van der Waals surface area contributed by atoms with Crippen molar-refractivity contribution in [2.45, 2.75) is 25.7 Å². The molecular weight excluding hydrogens is 400 g/mol. The second-order valence-corrected chi connectivity index (χ2v) is 8.64. The molecule has 3 aromatic rings. The largest absolute Gasteiger partial charge is 0.495 e. The van der Waals surface area contributed by atoms with Gasteiger partial charge >= 0.3 is 0 Å². The van der Waals surface area contributed by atoms with Crippen LogP contribution in [0.3, 0.4) is 0 Å². The van der Waals surface area contributed by atoms with Gasteiger partial charge in [0.05, 0.1) is 17.7 Å². The van der Waals surface area contributed by atoms with E-state index in [1.807, 2.05) is 32.0 Å². The second kappa shape index (κ2) is 8.59. The minimum Gasteiger partial charge on any atom is -0.495 e. The molecule has 7 heteroatoms. The van der Waals surface area contributed by atoms with E-state index in [0.717, 1.165) is 11.1 Å². The van der Waals surface area contributed by atoms with Gasteiger partial charge in [-0.25, -0.2) is 8.42 Å². The number of anilines is 2. The number of carbonyl (C=O) groups is 1. The SMILES string of the molecule is COc1ccccc1NS(=O)(=O)c1cc(C(=O)Nc2cccc(C)c2C)ccc1C. The molecule has 3 rings (SSSR count). The van der Waals surface area contributed by atoms with Gasteiger partial charge in [-0.1, -0.05) is 30.3 Å². The van der Waals surface area contributed by atoms with Gasteiger partial charge < -0.3 is 10.1 Å². The Morgan fingerprint density at radius 2 is 1.57 bits per heavy atom. The maximum Gasteiger partial charge on any atom is 0.262 e. The summed E-state index contributed by atoms with van der Waals surface area (Å²) in [4.78, 5) is 12.8. The molecule has 0 radical (unpaired) electrons. The first-order valence-corrected chi connectivity index (χ1v) is 10.9. The lowest BCUT2D eigenvalue weighted by atomic mass is 10.1. The van der Waals surface area contributed by atoms with Crippen LogP contribution in [0.2, 0.25) is 0 Å². The molecule has 2 N–H and O–H groups in total. The Balaban J connectivity index is 1.92. The third-order valence-electron chi connectivity index (χ3n) is 4.94. The van der Waals surface area contributed by atoms with E-state index in [4.69, 9.17) is 4.74 Å². The Bertz CT molecular complexity index is 1200. The Hall–Kier alpha value is -3.32. The fourth-order valence-electron chi connectivity index (χ4n) is 3.04. The van der Waals surface area contributed by atoms with Crippen LogP contribution in [0.5, 0.6) is 5.75 Å². The summed E-state index contributed by atoms with van der Waals surface area (Å²) in [6, 6.07) is 17.0. The number of rotatable bonds is 6. The quantitative estimate of drug-likeness (QED) is 0.602. The molecule has 3 aromatic carbocycles. The summed E-state index contributed by atoms with van der Waals surface area (Å²) in [5.41, 5.74) is 3.81. The first-order valence-electron chi connectivity index (χ1n) is 9.37. The summed E-state index contributed by atoms with van der Waals surface area (Å²) < 4.78 is 33.8. The molecule has 0 aliphatic carbocycles. The fourth-order valence-corrected chi connectivity index (χ4v) is 4.38. The monoisotopic (exact) mass is 424 g/mol. The number of ether oxygens (including phenoxy) is 1. The van der Waals surface area contributed by atoms with Gasteiger partial charge in [0.15, 0.2) is 0 Å². The molecule has 0 bridgehead atoms. The predicted molar refractivity (Wildman–Crippen MR) is 119 cm³/mol. The van der Waals surface area contributed by atoms with Crippen LogP contribution in [0.25, 0.3) is 0 Å². The van der Waals surface area contributed by atoms with Gasteiger partial charge in [-0.15, -0.1) is 0 Å². The van der Waals surface area contributed by atoms with E-state index >= 15 is 0 Å². The van der Waals surface area contributed by atoms with Crippen molar-refractivity contribution in [1.29, 1.82) is 0 Å². The molecule has 0 aromatic heterocycles. The van der Waals surface area contributed by atoms with E-state index in [1.165, 1.54) is 13.2 Å². The number of benzene rings is 3. The highest BCUT2D eigenvalue weighted by Crippen LogP contribution is 2.28. The Labute approximate surface area is 177 Å². The van der Waals surface area contributed by atoms with E-state index in [9.17, 15) is 13.2 Å². The van der Waals surface area contributed by atoms with Crippen molar-refractivity contribution < 1.29 is 17.9 Å². The zero-order valence-electron chi connectivity index (χ0n) is 17.3. The van der Waals surface area contributed by atoms with Crippen LogP contribution >= 0.6 is 0 Å². The number of aryl methyl sites for hydroxylation is 2. The molecule has 1 amide bonds. The molecule has 0 saturated heterocycles. The van der Waals surface area contributed by atoms with Crippen LogP contribution in [-0.2, 0) is 10.0 Å². The number of para-hydroxylation sites is 2. The summed E-state index contributed by atoms with van der Waals surface area (Å²) in [5, 5.41) is 2.86. The van der Waals surface area contributed by atoms with Crippen LogP contribution in [-0.4, -0.2) is 21.4 Å². The lowest BCUT2D eigenvalue weighted by molar-refractivity contribution is 0.102. The average molecular weight is 425 g/mol. The molecule has 156 valence electrons. The molecule has 0 fully saturated rings. The Morgan fingerprint density at radius 1 is 0.867 bits per heavy atom. The third-order valence-corrected chi connectivity index (χ3v) is 6.45. The molecule has 0 aliphatic heterocycles. The van der Waals surface area contributed by atoms with Crippen molar-refractivity contribution >= 4 is 27.3 Å². The number of methoxy groups -OCH3 is 1. The van der Waals surface area contributed by atoms with E-state index in [-0.39, 0.29) is 16.4 Å². The summed E-state index contributed by atoms with van der Waals surface area (Å²) in [7, 11) is -2.46. The van der Waals surface area contributed by atoms with Gasteiger partial charge in [-0.2, -0.15) is 0 Å². The van der Waals surface area contributed by atoms with Crippen LogP contribution in [0, 0.1) is 20.8 Å². The first kappa shape index (κ1) is 21.4. The van der Waals surface area contributed by atoms with Gasteiger partial charge in [0.25, 0.3) is 15.9 Å². The molecule has 0 spiro atoms. The number of carbonyl (C=O) groups excluding carboxylic acids is 1. The highest BCUT2D eigenvalue weighted by Gasteiger charge is 2.21. The molecule has 0 saturated carbocycles. The fraction of sp³-hybridized carbons (Fsp3) is 0.174. The maximum absolute atomic E-state index is 13.0. The molecule has 0 unspecified atom stereocenters. The van der Waals surface area contributed by atoms with Crippen molar-refractivity contribution in [2.24, 2.45) is 0 Å². The lowest BCUT2D eigenvalue weighted by Gasteiger charge is -2.15. The van der Waals surface area contributed by atoms with E-state index in [2.05, 4.69) is 10.0 Å². The minimum atomic E-state index is -3.93. The first-order chi connectivity index (χ1) is 14.2. The summed E-state index contributed by atoms with van der Waals surface area (Å²) in [5.74, 6) is 0.0278. The molecule has 0 aliphatic rings. The topological polar surface area (TPSA) is 84.5 Å². The highest BCUT2D eigenvalue weighted by atomic mass is 32.2. The Morgan fingerprint density at radius 3 is 2.30 bits per heavy atom. The smallest absolute Gasteiger partial charge is 0.262 e. The van der Waals surface area contributed by atoms with Gasteiger partial charge in [0, 0.05) is 11.3 Å². The molecule has 6 nitrogen and oxygen atoms in total. The van der Waals surface area contributed by atoms with Crippen LogP contribution < -0.4 is 14.8 Å². The predicted octanol–water partition coefficient (Wildman–Crippen LogP) is 4.67. The van der Waals surface area contributed by atoms with Gasteiger partial charge in [0.2, 0.25) is 0 Å². The van der Waals surface area contributed by atoms with Crippen molar-refractivity contribution in [3.05, 3.63) is 82.9 Å². The van der Waals surface area contributed by atoms with Gasteiger partial charge in [-0.3, -0.25) is 9.52 Å². The summed E-state index contributed by atoms with van der Waals surface area (Å²) >= 11 is 0. The number of nitrogens with one attached hydrogen (secondary N) is 2. The van der Waals surface area contributed by atoms with Crippen LogP contribution in [0.1, 0.15) is 27.0 Å². The third kappa shape index (κ3) is 4.46. The van der Waals surface area contributed by atoms with Gasteiger partial charge in [-0.05, 0) is 67.8 Å². The van der Waals surface area contributed by atoms with Crippen LogP contribution in [0.15, 0.2) is 65.6 Å². The molecule has 0 atom stereocenters. The number of sulfonamides is 1. The molecule has 30 heavy (non-hydrogen) atoms. The van der Waals surface area contributed by atoms with Crippen molar-refractivity contribution in [1.82, 2.24) is 0 Å². The van der Waals surface area contributed by atoms with Crippen molar-refractivity contribution in [3.63, 3.8) is 0 Å². The van der Waals surface area contributed by atoms with E-state index in [1.54, 1.807) is 43.3 Å². The van der Waals surface area contributed by atoms with E-state index < -0.39 is 10.0 Å². The Kier molecular flexibility index (Phi) is 6.12. The average Bonchev–Trinajstić information content (AvgIpc) is 2.71. The maximum atomic E-state index is 13.0. The lowest BCUT2D eigenvalue weighted by Crippen LogP contribution is -2.17. The normalized spacial score (nSPS) is 11.1. The number of amides is 1. The summed E-state index contributed by atoms with van der Waals surface area (Å²) in [6.45, 7) is 5.57. The molecule has 0 heterocycles. The number of hydrogen-bond acceptors (Lipinski definition) is 4. The molecular formula is C23H24N2O4S. The standard InChI is InChI=1S/C23H24N2O4S/c1-15-8-7-10-19(17(15)3)24-23(26)18-13-12-16(2)22(14-18)30(27,28)25-20-9-5-6-11-21(20)29-4/h5-14,25H,1-4H3,(H,24,26). The van der Waals surface area contributed by atoms with Gasteiger partial charge in [0.1, 0.15) is 5.75 Å². The van der Waals surface area contributed by atoms with Crippen LogP contribution in [0.4, 0.5) is 11.4 Å². The summed E-state index contributed by atoms with van der Waals surface area (Å²) in [6.07, 6.45) is 0. The van der Waals surface area contributed by atoms with Crippen molar-refractivity contribution in [3.8, 4) is 5.75 Å². The van der Waals surface area contributed by atoms with Crippen molar-refractivity contribution in [2.75, 3.05) is 17.1 Å².